The first-order valence-electron chi connectivity index (χ1n) is 4.82. The van der Waals surface area contributed by atoms with Gasteiger partial charge < -0.3 is 4.90 Å². The molecule has 0 aromatic carbocycles. The second kappa shape index (κ2) is 2.27. The average Bonchev–Trinajstić information content (AvgIpc) is 2.48. The molecule has 2 atom stereocenters. The Hall–Kier alpha value is -1.71. The molecule has 0 saturated carbocycles. The molecule has 0 N–H and O–H groups in total. The fraction of sp³-hybridized carbons (Fsp3) is 0.364. The van der Waals surface area contributed by atoms with E-state index in [2.05, 4.69) is 0 Å². The first kappa shape index (κ1) is 8.59. The van der Waals surface area contributed by atoms with E-state index in [-0.39, 0.29) is 5.91 Å². The van der Waals surface area contributed by atoms with Crippen LogP contribution in [0.1, 0.15) is 0 Å². The summed E-state index contributed by atoms with van der Waals surface area (Å²) in [6.07, 6.45) is 5.01. The Morgan fingerprint density at radius 1 is 1.40 bits per heavy atom. The summed E-state index contributed by atoms with van der Waals surface area (Å²) in [6, 6.07) is 0. The molecule has 0 radical (unpaired) electrons. The van der Waals surface area contributed by atoms with Gasteiger partial charge in [0.1, 0.15) is 0 Å². The number of nitrogens with zero attached hydrogens (tertiary/aromatic N) is 1. The number of allylic oxidation sites excluding steroid dienone is 2. The number of ketones is 2. The molecular weight excluding hydrogens is 194 g/mol. The van der Waals surface area contributed by atoms with E-state index in [1.807, 2.05) is 0 Å². The molecule has 3 aliphatic carbocycles. The number of Topliss-reactive ketones (excluding diaryl/α,β-unsaturated/α-hetero) is 2. The molecule has 1 saturated heterocycles. The third-order valence-electron chi connectivity index (χ3n) is 3.42. The Balaban J connectivity index is 2.29. The van der Waals surface area contributed by atoms with Crippen LogP contribution in [0.25, 0.3) is 0 Å². The van der Waals surface area contributed by atoms with Crippen LogP contribution < -0.4 is 0 Å². The Morgan fingerprint density at radius 3 is 2.87 bits per heavy atom. The molecule has 4 rings (SSSR count). The lowest BCUT2D eigenvalue weighted by atomic mass is 9.65. The third-order valence-corrected chi connectivity index (χ3v) is 3.42. The molecule has 0 aromatic heterocycles. The van der Waals surface area contributed by atoms with Crippen LogP contribution in [0.3, 0.4) is 0 Å². The number of hydrogen-bond acceptors (Lipinski definition) is 3. The highest BCUT2D eigenvalue weighted by Gasteiger charge is 2.60. The summed E-state index contributed by atoms with van der Waals surface area (Å²) in [4.78, 5) is 36.8. The van der Waals surface area contributed by atoms with E-state index in [0.29, 0.717) is 6.54 Å². The highest BCUT2D eigenvalue weighted by molar-refractivity contribution is 6.48. The normalized spacial score (nSPS) is 37.4. The van der Waals surface area contributed by atoms with Crippen molar-refractivity contribution in [3.63, 3.8) is 0 Å². The van der Waals surface area contributed by atoms with E-state index in [1.165, 1.54) is 4.90 Å². The van der Waals surface area contributed by atoms with Crippen LogP contribution in [0.4, 0.5) is 0 Å². The standard InChI is InChI=1S/C11H9NO3/c1-12-5-7-4-6-2-3-11(7,10(12)15)9(14)8(6)13/h2-4,6H,5H2,1H3. The van der Waals surface area contributed by atoms with Gasteiger partial charge in [-0.3, -0.25) is 14.4 Å². The molecule has 76 valence electrons. The van der Waals surface area contributed by atoms with Gasteiger partial charge in [0, 0.05) is 13.6 Å². The molecule has 1 aliphatic heterocycles. The number of amides is 1. The number of carbonyl (C=O) groups is 3. The van der Waals surface area contributed by atoms with Crippen LogP contribution >= 0.6 is 0 Å². The molecule has 4 heteroatoms. The second-order valence-corrected chi connectivity index (χ2v) is 4.24. The zero-order valence-electron chi connectivity index (χ0n) is 8.19. The predicted molar refractivity (Wildman–Crippen MR) is 50.8 cm³/mol. The Bertz CT molecular complexity index is 474. The molecule has 0 aromatic rings. The van der Waals surface area contributed by atoms with Crippen LogP contribution in [-0.4, -0.2) is 36.0 Å². The zero-order valence-corrected chi connectivity index (χ0v) is 8.19. The molecular formula is C11H9NO3. The molecule has 4 nitrogen and oxygen atoms in total. The number of rotatable bonds is 0. The van der Waals surface area contributed by atoms with E-state index in [0.717, 1.165) is 5.57 Å². The van der Waals surface area contributed by atoms with Crippen molar-refractivity contribution in [1.82, 2.24) is 4.90 Å². The third kappa shape index (κ3) is 0.728. The van der Waals surface area contributed by atoms with Gasteiger partial charge in [0.15, 0.2) is 5.41 Å². The average molecular weight is 203 g/mol. The zero-order chi connectivity index (χ0) is 10.8. The Kier molecular flexibility index (Phi) is 1.30. The van der Waals surface area contributed by atoms with E-state index >= 15 is 0 Å². The van der Waals surface area contributed by atoms with Crippen molar-refractivity contribution in [3.05, 3.63) is 23.8 Å². The van der Waals surface area contributed by atoms with Crippen molar-refractivity contribution in [1.29, 1.82) is 0 Å². The van der Waals surface area contributed by atoms with Gasteiger partial charge in [-0.1, -0.05) is 18.2 Å². The smallest absolute Gasteiger partial charge is 0.244 e. The van der Waals surface area contributed by atoms with Gasteiger partial charge in [-0.05, 0) is 5.57 Å². The van der Waals surface area contributed by atoms with E-state index in [4.69, 9.17) is 0 Å². The minimum absolute atomic E-state index is 0.276. The van der Waals surface area contributed by atoms with Gasteiger partial charge in [0.05, 0.1) is 5.92 Å². The molecule has 2 bridgehead atoms. The molecule has 4 aliphatic rings. The SMILES string of the molecule is CN1CC2=CC3C=CC2(C(=O)C3=O)C1=O. The predicted octanol–water partition coefficient (Wildman–Crippen LogP) is -0.291. The highest BCUT2D eigenvalue weighted by Crippen LogP contribution is 2.46. The van der Waals surface area contributed by atoms with Crippen LogP contribution in [0, 0.1) is 11.3 Å². The summed E-state index contributed by atoms with van der Waals surface area (Å²) in [5.41, 5.74) is -0.493. The maximum absolute atomic E-state index is 11.9. The van der Waals surface area contributed by atoms with Crippen molar-refractivity contribution < 1.29 is 14.4 Å². The van der Waals surface area contributed by atoms with Crippen molar-refractivity contribution in [2.75, 3.05) is 13.6 Å². The summed E-state index contributed by atoms with van der Waals surface area (Å²) in [6.45, 7) is 0.457. The minimum atomic E-state index is -1.26. The number of likely N-dealkylation sites (tertiary alicyclic amines) is 1. The van der Waals surface area contributed by atoms with E-state index in [9.17, 15) is 14.4 Å². The number of fused-ring (bicyclic) bond motifs is 1. The first-order chi connectivity index (χ1) is 7.07. The van der Waals surface area contributed by atoms with Crippen molar-refractivity contribution >= 4 is 17.5 Å². The topological polar surface area (TPSA) is 54.5 Å². The van der Waals surface area contributed by atoms with Crippen LogP contribution in [-0.2, 0) is 14.4 Å². The lowest BCUT2D eigenvalue weighted by Crippen LogP contribution is -2.49. The van der Waals surface area contributed by atoms with Gasteiger partial charge in [-0.2, -0.15) is 0 Å². The molecule has 15 heavy (non-hydrogen) atoms. The largest absolute Gasteiger partial charge is 0.340 e. The summed E-state index contributed by atoms with van der Waals surface area (Å²) in [7, 11) is 1.65. The quantitative estimate of drug-likeness (QED) is 0.309. The van der Waals surface area contributed by atoms with Crippen LogP contribution in [0.5, 0.6) is 0 Å². The molecule has 1 spiro atoms. The van der Waals surface area contributed by atoms with Gasteiger partial charge >= 0.3 is 0 Å². The van der Waals surface area contributed by atoms with Crippen molar-refractivity contribution in [3.8, 4) is 0 Å². The molecule has 2 unspecified atom stereocenters. The fourth-order valence-electron chi connectivity index (χ4n) is 2.60. The maximum Gasteiger partial charge on any atom is 0.244 e. The fourth-order valence-corrected chi connectivity index (χ4v) is 2.60. The lowest BCUT2D eigenvalue weighted by Gasteiger charge is -2.32. The monoisotopic (exact) mass is 203 g/mol. The number of hydrogen-bond donors (Lipinski definition) is 0. The maximum atomic E-state index is 11.9. The molecule has 1 heterocycles. The van der Waals surface area contributed by atoms with Crippen LogP contribution in [0.2, 0.25) is 0 Å². The highest BCUT2D eigenvalue weighted by atomic mass is 16.2. The number of carbonyl (C=O) groups excluding carboxylic acids is 3. The van der Waals surface area contributed by atoms with Gasteiger partial charge in [0.25, 0.3) is 0 Å². The summed E-state index contributed by atoms with van der Waals surface area (Å²) in [5, 5.41) is 0. The van der Waals surface area contributed by atoms with Crippen molar-refractivity contribution in [2.24, 2.45) is 11.3 Å². The Morgan fingerprint density at radius 2 is 2.13 bits per heavy atom. The van der Waals surface area contributed by atoms with Gasteiger partial charge in [-0.25, -0.2) is 0 Å². The second-order valence-electron chi connectivity index (χ2n) is 4.24. The van der Waals surface area contributed by atoms with E-state index < -0.39 is 22.9 Å². The number of likely N-dealkylation sites (N-methyl/N-ethyl adjacent to an activating group) is 1. The van der Waals surface area contributed by atoms with Gasteiger partial charge in [0.2, 0.25) is 17.5 Å². The van der Waals surface area contributed by atoms with Crippen molar-refractivity contribution in [2.45, 2.75) is 0 Å². The van der Waals surface area contributed by atoms with Gasteiger partial charge in [-0.15, -0.1) is 0 Å². The van der Waals surface area contributed by atoms with Crippen LogP contribution in [0.15, 0.2) is 23.8 Å². The molecule has 1 fully saturated rings. The lowest BCUT2D eigenvalue weighted by molar-refractivity contribution is -0.148. The summed E-state index contributed by atoms with van der Waals surface area (Å²) in [5.74, 6) is -1.72. The molecule has 1 amide bonds. The minimum Gasteiger partial charge on any atom is -0.340 e. The summed E-state index contributed by atoms with van der Waals surface area (Å²) < 4.78 is 0. The first-order valence-corrected chi connectivity index (χ1v) is 4.82. The summed E-state index contributed by atoms with van der Waals surface area (Å²) >= 11 is 0. The van der Waals surface area contributed by atoms with E-state index in [1.54, 1.807) is 25.3 Å². The Labute approximate surface area is 86.2 Å².